The number of nitrogens with zero attached hydrogens (tertiary/aromatic N) is 1. The van der Waals surface area contributed by atoms with E-state index in [0.717, 1.165) is 28.0 Å². The van der Waals surface area contributed by atoms with E-state index in [9.17, 15) is 0 Å². The summed E-state index contributed by atoms with van der Waals surface area (Å²) in [4.78, 5) is 7.35. The number of aromatic nitrogens is 2. The second-order valence-electron chi connectivity index (χ2n) is 5.39. The molecular formula is C17H20N4O. The lowest BCUT2D eigenvalue weighted by molar-refractivity contribution is 0.414. The van der Waals surface area contributed by atoms with Crippen molar-refractivity contribution in [3.63, 3.8) is 0 Å². The summed E-state index contributed by atoms with van der Waals surface area (Å²) in [7, 11) is 1.66. The first-order valence-corrected chi connectivity index (χ1v) is 7.26. The monoisotopic (exact) mass is 296 g/mol. The second-order valence-corrected chi connectivity index (χ2v) is 5.39. The Hall–Kier alpha value is -2.53. The average molecular weight is 296 g/mol. The first kappa shape index (κ1) is 14.4. The maximum atomic E-state index is 6.17. The molecule has 0 aliphatic heterocycles. The van der Waals surface area contributed by atoms with Gasteiger partial charge in [0.1, 0.15) is 5.75 Å². The van der Waals surface area contributed by atoms with E-state index in [0.29, 0.717) is 0 Å². The molecule has 0 saturated heterocycles. The molecule has 5 heteroatoms. The van der Waals surface area contributed by atoms with Crippen LogP contribution >= 0.6 is 0 Å². The fourth-order valence-electron chi connectivity index (χ4n) is 2.53. The molecule has 3 aromatic rings. The summed E-state index contributed by atoms with van der Waals surface area (Å²) in [6.45, 7) is 2.00. The van der Waals surface area contributed by atoms with Crippen molar-refractivity contribution in [2.24, 2.45) is 5.73 Å². The van der Waals surface area contributed by atoms with Gasteiger partial charge in [-0.3, -0.25) is 0 Å². The number of H-pyrrole nitrogens is 1. The lowest BCUT2D eigenvalue weighted by atomic mass is 10.0. The number of methoxy groups -OCH3 is 1. The number of nitrogens with two attached hydrogens (primary N) is 1. The van der Waals surface area contributed by atoms with Crippen molar-refractivity contribution in [3.8, 4) is 5.75 Å². The van der Waals surface area contributed by atoms with E-state index >= 15 is 0 Å². The van der Waals surface area contributed by atoms with Crippen molar-refractivity contribution in [1.82, 2.24) is 9.97 Å². The molecule has 0 bridgehead atoms. The van der Waals surface area contributed by atoms with Gasteiger partial charge in [0.25, 0.3) is 0 Å². The molecule has 2 atom stereocenters. The summed E-state index contributed by atoms with van der Waals surface area (Å²) in [5, 5.41) is 3.50. The molecule has 0 spiro atoms. The van der Waals surface area contributed by atoms with Gasteiger partial charge in [0.2, 0.25) is 0 Å². The van der Waals surface area contributed by atoms with Gasteiger partial charge in [0, 0.05) is 11.7 Å². The Kier molecular flexibility index (Phi) is 3.98. The highest BCUT2D eigenvalue weighted by Crippen LogP contribution is 2.25. The predicted molar refractivity (Wildman–Crippen MR) is 89.1 cm³/mol. The van der Waals surface area contributed by atoms with E-state index in [4.69, 9.17) is 10.5 Å². The molecular weight excluding hydrogens is 276 g/mol. The summed E-state index contributed by atoms with van der Waals surface area (Å²) in [5.74, 6) is 0.839. The summed E-state index contributed by atoms with van der Waals surface area (Å²) < 4.78 is 5.20. The van der Waals surface area contributed by atoms with Gasteiger partial charge in [-0.05, 0) is 42.8 Å². The third-order valence-electron chi connectivity index (χ3n) is 3.74. The molecule has 3 rings (SSSR count). The van der Waals surface area contributed by atoms with E-state index in [1.54, 1.807) is 13.4 Å². The van der Waals surface area contributed by atoms with E-state index in [1.165, 1.54) is 0 Å². The van der Waals surface area contributed by atoms with Crippen molar-refractivity contribution in [3.05, 3.63) is 54.4 Å². The van der Waals surface area contributed by atoms with Crippen molar-refractivity contribution in [2.45, 2.75) is 19.0 Å². The Morgan fingerprint density at radius 3 is 2.64 bits per heavy atom. The molecule has 114 valence electrons. The number of anilines is 1. The predicted octanol–water partition coefficient (Wildman–Crippen LogP) is 3.07. The fraction of sp³-hybridized carbons (Fsp3) is 0.235. The number of fused-ring (bicyclic) bond motifs is 1. The largest absolute Gasteiger partial charge is 0.497 e. The molecule has 4 N–H and O–H groups in total. The van der Waals surface area contributed by atoms with Gasteiger partial charge in [-0.15, -0.1) is 0 Å². The fourth-order valence-corrected chi connectivity index (χ4v) is 2.53. The minimum Gasteiger partial charge on any atom is -0.497 e. The first-order chi connectivity index (χ1) is 10.7. The van der Waals surface area contributed by atoms with Gasteiger partial charge in [-0.25, -0.2) is 4.98 Å². The Balaban J connectivity index is 1.86. The van der Waals surface area contributed by atoms with E-state index in [-0.39, 0.29) is 12.1 Å². The molecule has 0 saturated carbocycles. The smallest absolute Gasteiger partial charge is 0.118 e. The molecule has 1 aromatic heterocycles. The number of rotatable bonds is 5. The molecule has 1 heterocycles. The normalized spacial score (nSPS) is 13.8. The van der Waals surface area contributed by atoms with Crippen LogP contribution < -0.4 is 15.8 Å². The number of benzene rings is 2. The van der Waals surface area contributed by atoms with Crippen molar-refractivity contribution in [1.29, 1.82) is 0 Å². The summed E-state index contributed by atoms with van der Waals surface area (Å²) in [6.07, 6.45) is 1.70. The Morgan fingerprint density at radius 1 is 1.18 bits per heavy atom. The number of imidazole rings is 1. The summed E-state index contributed by atoms with van der Waals surface area (Å²) in [5.41, 5.74) is 10.3. The topological polar surface area (TPSA) is 76.0 Å². The molecule has 0 amide bonds. The minimum atomic E-state index is -0.0362. The zero-order valence-corrected chi connectivity index (χ0v) is 12.7. The van der Waals surface area contributed by atoms with Crippen molar-refractivity contribution >= 4 is 16.7 Å². The number of aromatic amines is 1. The molecule has 0 radical (unpaired) electrons. The number of hydrogen-bond acceptors (Lipinski definition) is 4. The van der Waals surface area contributed by atoms with E-state index in [2.05, 4.69) is 15.3 Å². The highest BCUT2D eigenvalue weighted by molar-refractivity contribution is 5.78. The number of ether oxygens (including phenoxy) is 1. The van der Waals surface area contributed by atoms with Gasteiger partial charge >= 0.3 is 0 Å². The first-order valence-electron chi connectivity index (χ1n) is 7.26. The third kappa shape index (κ3) is 2.89. The molecule has 0 unspecified atom stereocenters. The van der Waals surface area contributed by atoms with Gasteiger partial charge in [0.15, 0.2) is 0 Å². The Bertz CT molecular complexity index is 749. The molecule has 22 heavy (non-hydrogen) atoms. The van der Waals surface area contributed by atoms with Gasteiger partial charge < -0.3 is 20.8 Å². The lowest BCUT2D eigenvalue weighted by Gasteiger charge is -2.24. The zero-order chi connectivity index (χ0) is 15.5. The van der Waals surface area contributed by atoms with Crippen LogP contribution in [0.5, 0.6) is 5.75 Å². The van der Waals surface area contributed by atoms with Crippen LogP contribution in [0.25, 0.3) is 11.0 Å². The Labute approximate surface area is 129 Å². The van der Waals surface area contributed by atoms with Gasteiger partial charge in [-0.2, -0.15) is 0 Å². The van der Waals surface area contributed by atoms with Crippen LogP contribution in [-0.4, -0.2) is 23.1 Å². The highest BCUT2D eigenvalue weighted by Gasteiger charge is 2.16. The molecule has 0 fully saturated rings. The molecule has 0 aliphatic rings. The van der Waals surface area contributed by atoms with Crippen LogP contribution in [0, 0.1) is 0 Å². The average Bonchev–Trinajstić information content (AvgIpc) is 3.00. The minimum absolute atomic E-state index is 0.0197. The van der Waals surface area contributed by atoms with Crippen LogP contribution in [-0.2, 0) is 0 Å². The Morgan fingerprint density at radius 2 is 1.95 bits per heavy atom. The van der Waals surface area contributed by atoms with E-state index in [1.807, 2.05) is 49.4 Å². The van der Waals surface area contributed by atoms with Gasteiger partial charge in [-0.1, -0.05) is 12.1 Å². The highest BCUT2D eigenvalue weighted by atomic mass is 16.5. The van der Waals surface area contributed by atoms with Crippen molar-refractivity contribution < 1.29 is 4.74 Å². The van der Waals surface area contributed by atoms with Crippen LogP contribution in [0.4, 0.5) is 5.69 Å². The number of hydrogen-bond donors (Lipinski definition) is 3. The summed E-state index contributed by atoms with van der Waals surface area (Å²) in [6, 6.07) is 14.0. The third-order valence-corrected chi connectivity index (χ3v) is 3.74. The van der Waals surface area contributed by atoms with Gasteiger partial charge in [0.05, 0.1) is 30.5 Å². The van der Waals surface area contributed by atoms with Crippen LogP contribution in [0.15, 0.2) is 48.8 Å². The van der Waals surface area contributed by atoms with Crippen molar-refractivity contribution in [2.75, 3.05) is 12.4 Å². The molecule has 0 aliphatic carbocycles. The van der Waals surface area contributed by atoms with Crippen LogP contribution in [0.3, 0.4) is 0 Å². The maximum absolute atomic E-state index is 6.17. The SMILES string of the molecule is COc1ccc([C@H](Nc2ccc3nc[nH]c3c2)[C@@H](C)N)cc1. The lowest BCUT2D eigenvalue weighted by Crippen LogP contribution is -2.30. The maximum Gasteiger partial charge on any atom is 0.118 e. The molecule has 2 aromatic carbocycles. The molecule has 5 nitrogen and oxygen atoms in total. The quantitative estimate of drug-likeness (QED) is 0.676. The van der Waals surface area contributed by atoms with E-state index < -0.39 is 0 Å². The number of nitrogens with one attached hydrogen (secondary N) is 2. The van der Waals surface area contributed by atoms with Crippen LogP contribution in [0.2, 0.25) is 0 Å². The standard InChI is InChI=1S/C17H20N4O/c1-11(18)17(12-3-6-14(22-2)7-4-12)21-13-5-8-15-16(9-13)20-10-19-15/h3-11,17,21H,18H2,1-2H3,(H,19,20)/t11-,17-/m1/s1. The summed E-state index contributed by atoms with van der Waals surface area (Å²) >= 11 is 0. The van der Waals surface area contributed by atoms with Crippen LogP contribution in [0.1, 0.15) is 18.5 Å². The second kappa shape index (κ2) is 6.07. The zero-order valence-electron chi connectivity index (χ0n) is 12.7.